The van der Waals surface area contributed by atoms with Crippen molar-refractivity contribution in [1.29, 1.82) is 0 Å². The highest BCUT2D eigenvalue weighted by atomic mass is 32.2. The lowest BCUT2D eigenvalue weighted by Crippen LogP contribution is -2.38. The molecule has 4 rings (SSSR count). The minimum Gasteiger partial charge on any atom is -0.490 e. The van der Waals surface area contributed by atoms with Crippen LogP contribution >= 0.6 is 0 Å². The van der Waals surface area contributed by atoms with E-state index in [1.807, 2.05) is 48.5 Å². The highest BCUT2D eigenvalue weighted by Gasteiger charge is 2.37. The first-order valence-corrected chi connectivity index (χ1v) is 13.9. The quantitative estimate of drug-likeness (QED) is 0.230. The smallest absolute Gasteiger partial charge is 0.490 e. The summed E-state index contributed by atoms with van der Waals surface area (Å²) in [6.45, 7) is 2.87. The number of rotatable bonds is 12. The molecule has 0 aromatic heterocycles. The Morgan fingerprint density at radius 2 is 1.66 bits per heavy atom. The molecule has 1 atom stereocenters. The molecule has 1 aliphatic rings. The van der Waals surface area contributed by atoms with E-state index in [4.69, 9.17) is 24.1 Å². The van der Waals surface area contributed by atoms with Gasteiger partial charge in [0.2, 0.25) is 10.0 Å². The number of para-hydroxylation sites is 1. The third-order valence-corrected chi connectivity index (χ3v) is 7.86. The molecule has 38 heavy (non-hydrogen) atoms. The van der Waals surface area contributed by atoms with Crippen LogP contribution in [0, 0.1) is 0 Å². The number of benzene rings is 3. The second-order valence-electron chi connectivity index (χ2n) is 8.70. The molecule has 1 N–H and O–H groups in total. The van der Waals surface area contributed by atoms with Crippen molar-refractivity contribution in [2.75, 3.05) is 19.8 Å². The van der Waals surface area contributed by atoms with E-state index in [-0.39, 0.29) is 18.0 Å². The summed E-state index contributed by atoms with van der Waals surface area (Å²) in [7, 11) is -3.89. The molecular formula is C28H31NO8S. The van der Waals surface area contributed by atoms with Crippen molar-refractivity contribution in [3.8, 4) is 23.0 Å². The fourth-order valence-electron chi connectivity index (χ4n) is 4.22. The van der Waals surface area contributed by atoms with E-state index in [2.05, 4.69) is 6.92 Å². The first kappa shape index (κ1) is 27.3. The van der Waals surface area contributed by atoms with Crippen LogP contribution in [0.3, 0.4) is 0 Å². The number of ether oxygens (including phenoxy) is 4. The molecule has 9 nitrogen and oxygen atoms in total. The first-order chi connectivity index (χ1) is 18.4. The third kappa shape index (κ3) is 6.96. The van der Waals surface area contributed by atoms with E-state index >= 15 is 0 Å². The predicted octanol–water partition coefficient (Wildman–Crippen LogP) is 5.69. The van der Waals surface area contributed by atoms with Crippen LogP contribution in [0.4, 0.5) is 4.79 Å². The van der Waals surface area contributed by atoms with Gasteiger partial charge in [0.1, 0.15) is 36.2 Å². The minimum absolute atomic E-state index is 0.0454. The van der Waals surface area contributed by atoms with Crippen molar-refractivity contribution in [3.05, 3.63) is 78.4 Å². The highest BCUT2D eigenvalue weighted by molar-refractivity contribution is 7.89. The summed E-state index contributed by atoms with van der Waals surface area (Å²) in [5.74, 6) is 2.77. The molecule has 3 aromatic carbocycles. The van der Waals surface area contributed by atoms with E-state index in [1.54, 1.807) is 12.1 Å². The normalized spacial score (nSPS) is 15.7. The van der Waals surface area contributed by atoms with Crippen LogP contribution in [-0.2, 0) is 21.2 Å². The number of aryl methyl sites for hydroxylation is 1. The fourth-order valence-corrected chi connectivity index (χ4v) is 5.80. The Labute approximate surface area is 222 Å². The van der Waals surface area contributed by atoms with Gasteiger partial charge in [-0.3, -0.25) is 0 Å². The summed E-state index contributed by atoms with van der Waals surface area (Å²) >= 11 is 0. The van der Waals surface area contributed by atoms with Crippen molar-refractivity contribution in [3.63, 3.8) is 0 Å². The maximum atomic E-state index is 12.9. The molecule has 1 saturated heterocycles. The van der Waals surface area contributed by atoms with Gasteiger partial charge in [-0.1, -0.05) is 31.5 Å². The monoisotopic (exact) mass is 541 g/mol. The van der Waals surface area contributed by atoms with Gasteiger partial charge in [0.25, 0.3) is 0 Å². The van der Waals surface area contributed by atoms with E-state index in [0.717, 1.165) is 40.0 Å². The van der Waals surface area contributed by atoms with Gasteiger partial charge in [0, 0.05) is 13.0 Å². The topological polar surface area (TPSA) is 112 Å². The van der Waals surface area contributed by atoms with Crippen LogP contribution in [0.2, 0.25) is 0 Å². The van der Waals surface area contributed by atoms with Crippen molar-refractivity contribution >= 4 is 16.2 Å². The van der Waals surface area contributed by atoms with Crippen LogP contribution < -0.4 is 14.2 Å². The molecular weight excluding hydrogens is 510 g/mol. The summed E-state index contributed by atoms with van der Waals surface area (Å²) in [4.78, 5) is 10.9. The summed E-state index contributed by atoms with van der Waals surface area (Å²) in [6, 6.07) is 21.3. The standard InChI is InChI=1S/C28H31NO8S/c1-2-7-21-20-24(36-23-8-4-3-5-9-23)13-16-26(21)35-19-18-34-22-11-14-25(15-12-22)38(32,33)29-17-6-10-27(29)37-28(30)31/h3-5,8-9,11-16,20,27H,2,6-7,10,17-19H2,1H3,(H,30,31)/t27-/m1/s1. The maximum Gasteiger partial charge on any atom is 0.507 e. The third-order valence-electron chi connectivity index (χ3n) is 5.96. The summed E-state index contributed by atoms with van der Waals surface area (Å²) < 4.78 is 49.3. The number of carbonyl (C=O) groups is 1. The van der Waals surface area contributed by atoms with Crippen LogP contribution in [0.25, 0.3) is 0 Å². The Balaban J connectivity index is 1.31. The van der Waals surface area contributed by atoms with Gasteiger partial charge in [-0.05, 0) is 73.0 Å². The lowest BCUT2D eigenvalue weighted by molar-refractivity contribution is 0.0170. The maximum absolute atomic E-state index is 12.9. The van der Waals surface area contributed by atoms with Gasteiger partial charge in [0.05, 0.1) is 4.90 Å². The van der Waals surface area contributed by atoms with Crippen LogP contribution in [0.15, 0.2) is 77.7 Å². The lowest BCUT2D eigenvalue weighted by Gasteiger charge is -2.22. The molecule has 3 aromatic rings. The molecule has 202 valence electrons. The number of sulfonamides is 1. The Morgan fingerprint density at radius 1 is 0.947 bits per heavy atom. The largest absolute Gasteiger partial charge is 0.507 e. The second kappa shape index (κ2) is 12.7. The number of nitrogens with zero attached hydrogens (tertiary/aromatic N) is 1. The number of hydrogen-bond acceptors (Lipinski definition) is 7. The molecule has 0 saturated carbocycles. The van der Waals surface area contributed by atoms with E-state index in [0.29, 0.717) is 25.2 Å². The molecule has 1 fully saturated rings. The summed E-state index contributed by atoms with van der Waals surface area (Å²) in [6.07, 6.45) is 0.144. The summed E-state index contributed by atoms with van der Waals surface area (Å²) in [5, 5.41) is 8.87. The van der Waals surface area contributed by atoms with Crippen LogP contribution in [0.1, 0.15) is 31.7 Å². The molecule has 0 bridgehead atoms. The van der Waals surface area contributed by atoms with Crippen LogP contribution in [-0.4, -0.2) is 50.0 Å². The molecule has 1 heterocycles. The van der Waals surface area contributed by atoms with E-state index in [1.165, 1.54) is 12.1 Å². The number of hydrogen-bond donors (Lipinski definition) is 1. The average Bonchev–Trinajstić information content (AvgIpc) is 3.37. The molecule has 10 heteroatoms. The summed E-state index contributed by atoms with van der Waals surface area (Å²) in [5.41, 5.74) is 1.04. The van der Waals surface area contributed by atoms with Gasteiger partial charge in [-0.2, -0.15) is 4.31 Å². The molecule has 1 aliphatic heterocycles. The Hall–Kier alpha value is -3.76. The zero-order chi connectivity index (χ0) is 27.0. The van der Waals surface area contributed by atoms with Crippen molar-refractivity contribution in [1.82, 2.24) is 4.31 Å². The average molecular weight is 542 g/mol. The zero-order valence-corrected chi connectivity index (χ0v) is 21.9. The molecule has 0 spiro atoms. The van der Waals surface area contributed by atoms with E-state index in [9.17, 15) is 13.2 Å². The zero-order valence-electron chi connectivity index (χ0n) is 21.1. The van der Waals surface area contributed by atoms with Crippen molar-refractivity contribution in [2.24, 2.45) is 0 Å². The van der Waals surface area contributed by atoms with Gasteiger partial charge < -0.3 is 24.1 Å². The Bertz CT molecular complexity index is 1310. The SMILES string of the molecule is CCCc1cc(Oc2ccccc2)ccc1OCCOc1ccc(S(=O)(=O)N2CCC[C@H]2OC(=O)O)cc1. The van der Waals surface area contributed by atoms with Gasteiger partial charge in [0.15, 0.2) is 6.23 Å². The second-order valence-corrected chi connectivity index (χ2v) is 10.6. The Morgan fingerprint density at radius 3 is 2.37 bits per heavy atom. The fraction of sp³-hybridized carbons (Fsp3) is 0.321. The molecule has 0 amide bonds. The van der Waals surface area contributed by atoms with Crippen molar-refractivity contribution < 1.29 is 37.3 Å². The van der Waals surface area contributed by atoms with Gasteiger partial charge >= 0.3 is 6.16 Å². The van der Waals surface area contributed by atoms with Gasteiger partial charge in [-0.25, -0.2) is 13.2 Å². The molecule has 0 unspecified atom stereocenters. The predicted molar refractivity (Wildman–Crippen MR) is 140 cm³/mol. The Kier molecular flexibility index (Phi) is 9.09. The van der Waals surface area contributed by atoms with Crippen molar-refractivity contribution in [2.45, 2.75) is 43.7 Å². The molecule has 0 aliphatic carbocycles. The first-order valence-electron chi connectivity index (χ1n) is 12.5. The number of carboxylic acid groups (broad SMARTS) is 1. The molecule has 0 radical (unpaired) electrons. The minimum atomic E-state index is -3.89. The lowest BCUT2D eigenvalue weighted by atomic mass is 10.1. The van der Waals surface area contributed by atoms with E-state index < -0.39 is 22.4 Å². The van der Waals surface area contributed by atoms with Gasteiger partial charge in [-0.15, -0.1) is 0 Å². The highest BCUT2D eigenvalue weighted by Crippen LogP contribution is 2.30. The van der Waals surface area contributed by atoms with Crippen LogP contribution in [0.5, 0.6) is 23.0 Å².